The molecule has 1 atom stereocenters. The summed E-state index contributed by atoms with van der Waals surface area (Å²) in [6.07, 6.45) is 6.58. The molecule has 1 aromatic rings. The fraction of sp³-hybridized carbons (Fsp3) is 0.625. The summed E-state index contributed by atoms with van der Waals surface area (Å²) in [5.74, 6) is 0. The van der Waals surface area contributed by atoms with Crippen molar-refractivity contribution in [2.24, 2.45) is 0 Å². The van der Waals surface area contributed by atoms with Gasteiger partial charge in [-0.1, -0.05) is 44.7 Å². The van der Waals surface area contributed by atoms with E-state index in [1.807, 2.05) is 0 Å². The number of unbranched alkanes of at least 4 members (excludes halogenated alkanes) is 3. The Labute approximate surface area is 112 Å². The first-order chi connectivity index (χ1) is 8.76. The molecule has 0 aliphatic carbocycles. The van der Waals surface area contributed by atoms with Crippen molar-refractivity contribution in [3.63, 3.8) is 0 Å². The van der Waals surface area contributed by atoms with E-state index in [0.29, 0.717) is 12.6 Å². The molecule has 2 heteroatoms. The van der Waals surface area contributed by atoms with Crippen LogP contribution < -0.4 is 5.32 Å². The first kappa shape index (κ1) is 15.0. The molecule has 0 bridgehead atoms. The summed E-state index contributed by atoms with van der Waals surface area (Å²) in [4.78, 5) is 0. The number of hydrogen-bond acceptors (Lipinski definition) is 2. The largest absolute Gasteiger partial charge is 0.383 e. The number of benzene rings is 1. The Hall–Kier alpha value is -1.02. The van der Waals surface area contributed by atoms with Crippen molar-refractivity contribution in [2.45, 2.75) is 58.6 Å². The van der Waals surface area contributed by atoms with Crippen LogP contribution in [0.25, 0.3) is 0 Å². The quantitative estimate of drug-likeness (QED) is 0.646. The zero-order chi connectivity index (χ0) is 13.2. The van der Waals surface area contributed by atoms with Gasteiger partial charge in [-0.3, -0.25) is 0 Å². The Morgan fingerprint density at radius 1 is 1.22 bits per heavy atom. The maximum Gasteiger partial charge on any atom is 0.0713 e. The SMILES string of the molecule is CCCCCCC(C)Nc1cccc(COC)c1. The second-order valence-electron chi connectivity index (χ2n) is 5.03. The van der Waals surface area contributed by atoms with E-state index in [2.05, 4.69) is 43.4 Å². The number of methoxy groups -OCH3 is 1. The summed E-state index contributed by atoms with van der Waals surface area (Å²) in [6, 6.07) is 9.02. The lowest BCUT2D eigenvalue weighted by Gasteiger charge is -2.15. The summed E-state index contributed by atoms with van der Waals surface area (Å²) in [6.45, 7) is 5.19. The Morgan fingerprint density at radius 3 is 2.78 bits per heavy atom. The van der Waals surface area contributed by atoms with Gasteiger partial charge in [0.05, 0.1) is 6.61 Å². The van der Waals surface area contributed by atoms with Gasteiger partial charge in [-0.15, -0.1) is 0 Å². The number of hydrogen-bond donors (Lipinski definition) is 1. The lowest BCUT2D eigenvalue weighted by Crippen LogP contribution is -2.14. The molecule has 0 heterocycles. The predicted molar refractivity (Wildman–Crippen MR) is 79.0 cm³/mol. The minimum atomic E-state index is 0.541. The van der Waals surface area contributed by atoms with Crippen LogP contribution in [-0.4, -0.2) is 13.2 Å². The van der Waals surface area contributed by atoms with Crippen LogP contribution in [0.1, 0.15) is 51.5 Å². The summed E-state index contributed by atoms with van der Waals surface area (Å²) < 4.78 is 5.15. The molecule has 0 aliphatic rings. The fourth-order valence-electron chi connectivity index (χ4n) is 2.15. The highest BCUT2D eigenvalue weighted by molar-refractivity contribution is 5.46. The van der Waals surface area contributed by atoms with Gasteiger partial charge in [-0.25, -0.2) is 0 Å². The second-order valence-corrected chi connectivity index (χ2v) is 5.03. The molecule has 2 nitrogen and oxygen atoms in total. The van der Waals surface area contributed by atoms with Crippen molar-refractivity contribution >= 4 is 5.69 Å². The Morgan fingerprint density at radius 2 is 2.06 bits per heavy atom. The fourth-order valence-corrected chi connectivity index (χ4v) is 2.15. The minimum absolute atomic E-state index is 0.541. The third kappa shape index (κ3) is 6.06. The molecule has 0 aromatic heterocycles. The van der Waals surface area contributed by atoms with E-state index in [9.17, 15) is 0 Å². The van der Waals surface area contributed by atoms with Crippen molar-refractivity contribution in [1.29, 1.82) is 0 Å². The van der Waals surface area contributed by atoms with Gasteiger partial charge in [0.2, 0.25) is 0 Å². The van der Waals surface area contributed by atoms with Gasteiger partial charge in [0.1, 0.15) is 0 Å². The van der Waals surface area contributed by atoms with E-state index < -0.39 is 0 Å². The van der Waals surface area contributed by atoms with Crippen LogP contribution in [0.4, 0.5) is 5.69 Å². The summed E-state index contributed by atoms with van der Waals surface area (Å²) in [5.41, 5.74) is 2.42. The van der Waals surface area contributed by atoms with Crippen molar-refractivity contribution in [1.82, 2.24) is 0 Å². The Balaban J connectivity index is 2.34. The van der Waals surface area contributed by atoms with Gasteiger partial charge >= 0.3 is 0 Å². The average molecular weight is 249 g/mol. The molecule has 0 spiro atoms. The molecule has 102 valence electrons. The molecule has 0 saturated heterocycles. The molecule has 0 aliphatic heterocycles. The van der Waals surface area contributed by atoms with Gasteiger partial charge in [-0.05, 0) is 31.0 Å². The van der Waals surface area contributed by atoms with Crippen LogP contribution in [0.3, 0.4) is 0 Å². The molecular weight excluding hydrogens is 222 g/mol. The zero-order valence-electron chi connectivity index (χ0n) is 12.0. The van der Waals surface area contributed by atoms with E-state index in [1.54, 1.807) is 7.11 Å². The smallest absolute Gasteiger partial charge is 0.0713 e. The number of anilines is 1. The monoisotopic (exact) mass is 249 g/mol. The number of ether oxygens (including phenoxy) is 1. The molecule has 0 fully saturated rings. The van der Waals surface area contributed by atoms with Crippen LogP contribution >= 0.6 is 0 Å². The molecule has 0 saturated carbocycles. The first-order valence-electron chi connectivity index (χ1n) is 7.10. The lowest BCUT2D eigenvalue weighted by molar-refractivity contribution is 0.185. The summed E-state index contributed by atoms with van der Waals surface area (Å²) in [7, 11) is 1.73. The Bertz CT molecular complexity index is 325. The highest BCUT2D eigenvalue weighted by Gasteiger charge is 2.02. The molecular formula is C16H27NO. The van der Waals surface area contributed by atoms with Gasteiger partial charge in [-0.2, -0.15) is 0 Å². The first-order valence-corrected chi connectivity index (χ1v) is 7.10. The van der Waals surface area contributed by atoms with Crippen LogP contribution in [-0.2, 0) is 11.3 Å². The third-order valence-electron chi connectivity index (χ3n) is 3.14. The normalized spacial score (nSPS) is 12.4. The lowest BCUT2D eigenvalue weighted by atomic mass is 10.1. The predicted octanol–water partition coefficient (Wildman–Crippen LogP) is 4.60. The molecule has 1 aromatic carbocycles. The van der Waals surface area contributed by atoms with Crippen LogP contribution in [0.2, 0.25) is 0 Å². The maximum atomic E-state index is 5.15. The zero-order valence-corrected chi connectivity index (χ0v) is 12.0. The molecule has 18 heavy (non-hydrogen) atoms. The van der Waals surface area contributed by atoms with Gasteiger partial charge < -0.3 is 10.1 Å². The molecule has 0 radical (unpaired) electrons. The van der Waals surface area contributed by atoms with E-state index in [0.717, 1.165) is 0 Å². The van der Waals surface area contributed by atoms with E-state index in [-0.39, 0.29) is 0 Å². The van der Waals surface area contributed by atoms with Gasteiger partial charge in [0, 0.05) is 18.8 Å². The Kier molecular flexibility index (Phi) is 7.51. The number of nitrogens with one attached hydrogen (secondary N) is 1. The summed E-state index contributed by atoms with van der Waals surface area (Å²) >= 11 is 0. The highest BCUT2D eigenvalue weighted by atomic mass is 16.5. The van der Waals surface area contributed by atoms with E-state index in [1.165, 1.54) is 43.4 Å². The summed E-state index contributed by atoms with van der Waals surface area (Å²) in [5, 5.41) is 3.56. The topological polar surface area (TPSA) is 21.3 Å². The molecule has 1 unspecified atom stereocenters. The highest BCUT2D eigenvalue weighted by Crippen LogP contribution is 2.15. The standard InChI is InChI=1S/C16H27NO/c1-4-5-6-7-9-14(2)17-16-11-8-10-15(12-16)13-18-3/h8,10-12,14,17H,4-7,9,13H2,1-3H3. The molecule has 1 N–H and O–H groups in total. The number of rotatable bonds is 9. The third-order valence-corrected chi connectivity index (χ3v) is 3.14. The van der Waals surface area contributed by atoms with Crippen molar-refractivity contribution in [3.05, 3.63) is 29.8 Å². The van der Waals surface area contributed by atoms with Crippen molar-refractivity contribution < 1.29 is 4.74 Å². The van der Waals surface area contributed by atoms with Crippen molar-refractivity contribution in [3.8, 4) is 0 Å². The van der Waals surface area contributed by atoms with Crippen LogP contribution in [0.5, 0.6) is 0 Å². The van der Waals surface area contributed by atoms with Crippen LogP contribution in [0, 0.1) is 0 Å². The second kappa shape index (κ2) is 8.98. The average Bonchev–Trinajstić information content (AvgIpc) is 2.35. The van der Waals surface area contributed by atoms with Gasteiger partial charge in [0.25, 0.3) is 0 Å². The van der Waals surface area contributed by atoms with E-state index >= 15 is 0 Å². The maximum absolute atomic E-state index is 5.15. The van der Waals surface area contributed by atoms with Gasteiger partial charge in [0.15, 0.2) is 0 Å². The van der Waals surface area contributed by atoms with E-state index in [4.69, 9.17) is 4.74 Å². The molecule has 1 rings (SSSR count). The van der Waals surface area contributed by atoms with Crippen molar-refractivity contribution in [2.75, 3.05) is 12.4 Å². The van der Waals surface area contributed by atoms with Crippen LogP contribution in [0.15, 0.2) is 24.3 Å². The minimum Gasteiger partial charge on any atom is -0.383 e. The molecule has 0 amide bonds.